The fourth-order valence-corrected chi connectivity index (χ4v) is 2.24. The molecule has 1 rings (SSSR count). The van der Waals surface area contributed by atoms with E-state index in [0.29, 0.717) is 10.6 Å². The van der Waals surface area contributed by atoms with Crippen LogP contribution in [0.1, 0.15) is 16.8 Å². The zero-order chi connectivity index (χ0) is 11.1. The number of hydrogen-bond acceptors (Lipinski definition) is 3. The second kappa shape index (κ2) is 6.88. The van der Waals surface area contributed by atoms with Gasteiger partial charge in [-0.3, -0.25) is 4.79 Å². The predicted molar refractivity (Wildman–Crippen MR) is 64.1 cm³/mol. The number of thioether (sulfide) groups is 1. The molecule has 0 spiro atoms. The number of rotatable bonds is 6. The van der Waals surface area contributed by atoms with E-state index in [2.05, 4.69) is 0 Å². The number of halogens is 1. The molecule has 0 aliphatic heterocycles. The van der Waals surface area contributed by atoms with Gasteiger partial charge in [0.25, 0.3) is 0 Å². The van der Waals surface area contributed by atoms with E-state index in [1.165, 1.54) is 0 Å². The number of hydrogen-bond donors (Lipinski definition) is 0. The average Bonchev–Trinajstić information content (AvgIpc) is 2.25. The molecule has 15 heavy (non-hydrogen) atoms. The van der Waals surface area contributed by atoms with Crippen molar-refractivity contribution in [2.24, 2.45) is 0 Å². The van der Waals surface area contributed by atoms with Crippen molar-refractivity contribution in [3.05, 3.63) is 28.8 Å². The Labute approximate surface area is 99.0 Å². The highest BCUT2D eigenvalue weighted by atomic mass is 35.5. The van der Waals surface area contributed by atoms with Crippen LogP contribution < -0.4 is 0 Å². The minimum absolute atomic E-state index is 0.516. The standard InChI is InChI=1S/C11H13ClO2S/c1-14-5-2-6-15-10-4-3-9(8-13)11(12)7-10/h3-4,7-8H,2,5-6H2,1H3. The topological polar surface area (TPSA) is 26.3 Å². The smallest absolute Gasteiger partial charge is 0.151 e. The predicted octanol–water partition coefficient (Wildman–Crippen LogP) is 3.28. The summed E-state index contributed by atoms with van der Waals surface area (Å²) >= 11 is 7.61. The molecule has 0 heterocycles. The monoisotopic (exact) mass is 244 g/mol. The van der Waals surface area contributed by atoms with Crippen molar-refractivity contribution < 1.29 is 9.53 Å². The minimum Gasteiger partial charge on any atom is -0.385 e. The van der Waals surface area contributed by atoms with Gasteiger partial charge in [-0.1, -0.05) is 11.6 Å². The molecule has 0 aliphatic rings. The van der Waals surface area contributed by atoms with E-state index in [-0.39, 0.29) is 0 Å². The summed E-state index contributed by atoms with van der Waals surface area (Å²) in [5.41, 5.74) is 0.540. The summed E-state index contributed by atoms with van der Waals surface area (Å²) < 4.78 is 4.95. The molecule has 0 aromatic heterocycles. The number of aldehydes is 1. The Morgan fingerprint density at radius 3 is 2.93 bits per heavy atom. The van der Waals surface area contributed by atoms with E-state index < -0.39 is 0 Å². The molecule has 4 heteroatoms. The minimum atomic E-state index is 0.516. The lowest BCUT2D eigenvalue weighted by Crippen LogP contribution is -1.90. The molecule has 0 bridgehead atoms. The van der Waals surface area contributed by atoms with Crippen LogP contribution in [0, 0.1) is 0 Å². The van der Waals surface area contributed by atoms with Gasteiger partial charge in [0.2, 0.25) is 0 Å². The highest BCUT2D eigenvalue weighted by Gasteiger charge is 2.01. The maximum Gasteiger partial charge on any atom is 0.151 e. The molecular formula is C11H13ClO2S. The van der Waals surface area contributed by atoms with Crippen molar-refractivity contribution in [2.75, 3.05) is 19.5 Å². The lowest BCUT2D eigenvalue weighted by molar-refractivity contribution is 0.112. The van der Waals surface area contributed by atoms with Gasteiger partial charge >= 0.3 is 0 Å². The molecule has 1 aromatic rings. The Kier molecular flexibility index (Phi) is 5.76. The summed E-state index contributed by atoms with van der Waals surface area (Å²) in [6.07, 6.45) is 1.77. The Morgan fingerprint density at radius 1 is 1.53 bits per heavy atom. The largest absolute Gasteiger partial charge is 0.385 e. The Morgan fingerprint density at radius 2 is 2.33 bits per heavy atom. The van der Waals surface area contributed by atoms with E-state index in [1.54, 1.807) is 24.9 Å². The maximum absolute atomic E-state index is 10.5. The van der Waals surface area contributed by atoms with E-state index in [4.69, 9.17) is 16.3 Å². The van der Waals surface area contributed by atoms with Crippen molar-refractivity contribution in [3.8, 4) is 0 Å². The third-order valence-corrected chi connectivity index (χ3v) is 3.27. The number of ether oxygens (including phenoxy) is 1. The number of methoxy groups -OCH3 is 1. The van der Waals surface area contributed by atoms with Crippen LogP contribution in [0.5, 0.6) is 0 Å². The van der Waals surface area contributed by atoms with Crippen molar-refractivity contribution in [3.63, 3.8) is 0 Å². The summed E-state index contributed by atoms with van der Waals surface area (Å²) in [5, 5.41) is 0.516. The van der Waals surface area contributed by atoms with Crippen molar-refractivity contribution in [2.45, 2.75) is 11.3 Å². The van der Waals surface area contributed by atoms with Crippen molar-refractivity contribution in [1.82, 2.24) is 0 Å². The molecule has 0 unspecified atom stereocenters. The van der Waals surface area contributed by atoms with Gasteiger partial charge < -0.3 is 4.74 Å². The summed E-state index contributed by atoms with van der Waals surface area (Å²) in [7, 11) is 1.69. The maximum atomic E-state index is 10.5. The highest BCUT2D eigenvalue weighted by molar-refractivity contribution is 7.99. The highest BCUT2D eigenvalue weighted by Crippen LogP contribution is 2.24. The second-order valence-corrected chi connectivity index (χ2v) is 4.57. The molecule has 0 amide bonds. The lowest BCUT2D eigenvalue weighted by Gasteiger charge is -2.03. The Bertz CT molecular complexity index is 328. The first-order valence-electron chi connectivity index (χ1n) is 4.64. The quantitative estimate of drug-likeness (QED) is 0.436. The second-order valence-electron chi connectivity index (χ2n) is 3.00. The van der Waals surface area contributed by atoms with Gasteiger partial charge in [0.1, 0.15) is 0 Å². The molecule has 0 saturated carbocycles. The van der Waals surface area contributed by atoms with Gasteiger partial charge in [0.15, 0.2) is 6.29 Å². The van der Waals surface area contributed by atoms with Crippen LogP contribution in [-0.4, -0.2) is 25.8 Å². The van der Waals surface area contributed by atoms with Crippen LogP contribution >= 0.6 is 23.4 Å². The van der Waals surface area contributed by atoms with Gasteiger partial charge in [-0.25, -0.2) is 0 Å². The number of carbonyl (C=O) groups excluding carboxylic acids is 1. The van der Waals surface area contributed by atoms with Crippen LogP contribution in [0.25, 0.3) is 0 Å². The van der Waals surface area contributed by atoms with Gasteiger partial charge in [-0.05, 0) is 24.6 Å². The molecule has 0 atom stereocenters. The molecule has 2 nitrogen and oxygen atoms in total. The lowest BCUT2D eigenvalue weighted by atomic mass is 10.2. The van der Waals surface area contributed by atoms with Crippen LogP contribution in [0.2, 0.25) is 5.02 Å². The van der Waals surface area contributed by atoms with Crippen molar-refractivity contribution in [1.29, 1.82) is 0 Å². The number of carbonyl (C=O) groups is 1. The van der Waals surface area contributed by atoms with E-state index in [1.807, 2.05) is 12.1 Å². The fourth-order valence-electron chi connectivity index (χ4n) is 1.09. The normalized spacial score (nSPS) is 10.3. The summed E-state index contributed by atoms with van der Waals surface area (Å²) in [4.78, 5) is 11.6. The summed E-state index contributed by atoms with van der Waals surface area (Å²) in [5.74, 6) is 0.991. The molecule has 0 N–H and O–H groups in total. The molecule has 0 fully saturated rings. The SMILES string of the molecule is COCCCSc1ccc(C=O)c(Cl)c1. The first-order chi connectivity index (χ1) is 7.27. The molecule has 0 saturated heterocycles. The van der Waals surface area contributed by atoms with Crippen LogP contribution in [0.3, 0.4) is 0 Å². The van der Waals surface area contributed by atoms with Gasteiger partial charge in [-0.15, -0.1) is 11.8 Å². The Balaban J connectivity index is 2.48. The van der Waals surface area contributed by atoms with E-state index in [9.17, 15) is 4.79 Å². The van der Waals surface area contributed by atoms with Crippen LogP contribution in [0.15, 0.2) is 23.1 Å². The zero-order valence-corrected chi connectivity index (χ0v) is 10.1. The first kappa shape index (κ1) is 12.6. The molecule has 0 radical (unpaired) electrons. The Hall–Kier alpha value is -0.510. The van der Waals surface area contributed by atoms with Gasteiger partial charge in [0.05, 0.1) is 5.02 Å². The van der Waals surface area contributed by atoms with Gasteiger partial charge in [0, 0.05) is 29.9 Å². The third-order valence-electron chi connectivity index (χ3n) is 1.86. The van der Waals surface area contributed by atoms with Gasteiger partial charge in [-0.2, -0.15) is 0 Å². The fraction of sp³-hybridized carbons (Fsp3) is 0.364. The molecular weight excluding hydrogens is 232 g/mol. The van der Waals surface area contributed by atoms with Crippen molar-refractivity contribution >= 4 is 29.6 Å². The molecule has 0 aliphatic carbocycles. The van der Waals surface area contributed by atoms with E-state index >= 15 is 0 Å². The third kappa shape index (κ3) is 4.24. The summed E-state index contributed by atoms with van der Waals surface area (Å²) in [6, 6.07) is 5.48. The van der Waals surface area contributed by atoms with Crippen LogP contribution in [0.4, 0.5) is 0 Å². The summed E-state index contributed by atoms with van der Waals surface area (Å²) in [6.45, 7) is 0.771. The molecule has 1 aromatic carbocycles. The molecule has 82 valence electrons. The van der Waals surface area contributed by atoms with E-state index in [0.717, 1.165) is 30.0 Å². The number of benzene rings is 1. The van der Waals surface area contributed by atoms with Crippen LogP contribution in [-0.2, 0) is 4.74 Å². The average molecular weight is 245 g/mol. The first-order valence-corrected chi connectivity index (χ1v) is 6.00. The zero-order valence-electron chi connectivity index (χ0n) is 8.53.